The molecular weight excluding hydrogens is 584 g/mol. The molecule has 0 aliphatic heterocycles. The second-order valence-electron chi connectivity index (χ2n) is 12.8. The summed E-state index contributed by atoms with van der Waals surface area (Å²) in [6, 6.07) is 8.62. The number of carbonyl (C=O) groups is 3. The monoisotopic (exact) mass is 634 g/mol. The second kappa shape index (κ2) is 18.0. The van der Waals surface area contributed by atoms with Crippen LogP contribution in [-0.2, 0) is 31.9 Å². The van der Waals surface area contributed by atoms with E-state index in [0.29, 0.717) is 47.8 Å². The molecule has 8 heteroatoms. The largest absolute Gasteiger partial charge is 0.493 e. The third-order valence-electron chi connectivity index (χ3n) is 6.59. The maximum atomic E-state index is 13.3. The van der Waals surface area contributed by atoms with Crippen molar-refractivity contribution in [1.29, 1.82) is 0 Å². The van der Waals surface area contributed by atoms with Gasteiger partial charge in [-0.3, -0.25) is 14.4 Å². The zero-order chi connectivity index (χ0) is 34.3. The predicted molar refractivity (Wildman–Crippen MR) is 181 cm³/mol. The lowest BCUT2D eigenvalue weighted by Crippen LogP contribution is -2.25. The molecular formula is C38H50O8. The van der Waals surface area contributed by atoms with E-state index >= 15 is 0 Å². The minimum atomic E-state index is -0.685. The Morgan fingerprint density at radius 2 is 1.22 bits per heavy atom. The lowest BCUT2D eigenvalue weighted by Gasteiger charge is -2.22. The summed E-state index contributed by atoms with van der Waals surface area (Å²) in [5.41, 5.74) is 1.53. The molecule has 2 aromatic carbocycles. The van der Waals surface area contributed by atoms with Crippen LogP contribution in [0.5, 0.6) is 17.2 Å². The van der Waals surface area contributed by atoms with E-state index in [1.165, 1.54) is 6.08 Å². The maximum absolute atomic E-state index is 13.3. The van der Waals surface area contributed by atoms with Crippen molar-refractivity contribution < 1.29 is 38.1 Å². The van der Waals surface area contributed by atoms with E-state index in [2.05, 4.69) is 0 Å². The maximum Gasteiger partial charge on any atom is 0.314 e. The Kier molecular flexibility index (Phi) is 14.8. The van der Waals surface area contributed by atoms with Gasteiger partial charge in [0.2, 0.25) is 13.6 Å². The first-order valence-electron chi connectivity index (χ1n) is 15.7. The fraction of sp³-hybridized carbons (Fsp3) is 0.447. The molecule has 46 heavy (non-hydrogen) atoms. The van der Waals surface area contributed by atoms with Crippen molar-refractivity contribution in [2.24, 2.45) is 10.8 Å². The highest BCUT2D eigenvalue weighted by atomic mass is 16.7. The molecule has 250 valence electrons. The van der Waals surface area contributed by atoms with Crippen molar-refractivity contribution in [3.63, 3.8) is 0 Å². The summed E-state index contributed by atoms with van der Waals surface area (Å²) in [5.74, 6) is 0.550. The van der Waals surface area contributed by atoms with Gasteiger partial charge in [0.25, 0.3) is 0 Å². The van der Waals surface area contributed by atoms with Crippen LogP contribution >= 0.6 is 0 Å². The van der Waals surface area contributed by atoms with Crippen molar-refractivity contribution in [3.8, 4) is 17.2 Å². The molecule has 8 nitrogen and oxygen atoms in total. The first kappa shape index (κ1) is 37.9. The van der Waals surface area contributed by atoms with Gasteiger partial charge in [-0.2, -0.15) is 0 Å². The summed E-state index contributed by atoms with van der Waals surface area (Å²) in [6.07, 6.45) is 13.1. The molecule has 0 N–H and O–H groups in total. The molecule has 2 aromatic rings. The van der Waals surface area contributed by atoms with Crippen LogP contribution in [0.25, 0.3) is 6.08 Å². The molecule has 0 saturated carbocycles. The van der Waals surface area contributed by atoms with Gasteiger partial charge in [0, 0.05) is 5.56 Å². The summed E-state index contributed by atoms with van der Waals surface area (Å²) in [6.45, 7) is 16.5. The van der Waals surface area contributed by atoms with Gasteiger partial charge in [0.15, 0.2) is 5.78 Å². The first-order valence-corrected chi connectivity index (χ1v) is 15.7. The van der Waals surface area contributed by atoms with Crippen LogP contribution in [0.3, 0.4) is 0 Å². The lowest BCUT2D eigenvalue weighted by molar-refractivity contribution is -0.160. The van der Waals surface area contributed by atoms with Gasteiger partial charge in [-0.15, -0.1) is 0 Å². The quantitative estimate of drug-likeness (QED) is 0.0597. The highest BCUT2D eigenvalue weighted by molar-refractivity contribution is 6.07. The number of benzene rings is 2. The Balaban J connectivity index is 2.47. The smallest absolute Gasteiger partial charge is 0.314 e. The summed E-state index contributed by atoms with van der Waals surface area (Å²) >= 11 is 0. The zero-order valence-corrected chi connectivity index (χ0v) is 28.9. The third kappa shape index (κ3) is 11.9. The highest BCUT2D eigenvalue weighted by Gasteiger charge is 2.25. The van der Waals surface area contributed by atoms with Crippen molar-refractivity contribution in [1.82, 2.24) is 0 Å². The molecule has 0 radical (unpaired) electrons. The van der Waals surface area contributed by atoms with E-state index in [-0.39, 0.29) is 31.3 Å². The number of hydrogen-bond acceptors (Lipinski definition) is 8. The lowest BCUT2D eigenvalue weighted by atomic mass is 9.96. The summed E-state index contributed by atoms with van der Waals surface area (Å²) in [7, 11) is 0. The fourth-order valence-corrected chi connectivity index (χ4v) is 3.98. The SMILES string of the molecule is C/C=C/Cc1cc(C/C=C/C)c(OCOC(=O)C(C)(C)C)c(/C=C/C(=O)c2ccc(OCOC(=O)C(C)(C)C)cc2)c1OCCC. The number of allylic oxidation sites excluding steroid dienone is 5. The topological polar surface area (TPSA) is 97.4 Å². The average Bonchev–Trinajstić information content (AvgIpc) is 3.00. The van der Waals surface area contributed by atoms with E-state index in [0.717, 1.165) is 17.5 Å². The minimum Gasteiger partial charge on any atom is -0.493 e. The standard InChI is InChI=1S/C38H50O8/c1-10-13-15-28-24-29(16-14-11-2)34(44-26-46-36(41)38(7,8)9)31(33(28)42-23-12-3)21-22-32(39)27-17-19-30(20-18-27)43-25-45-35(40)37(4,5)6/h10-11,13-14,17-22,24H,12,15-16,23,25-26H2,1-9H3/b13-10+,14-11+,22-21+. The third-order valence-corrected chi connectivity index (χ3v) is 6.59. The number of carbonyl (C=O) groups excluding carboxylic acids is 3. The Morgan fingerprint density at radius 3 is 1.70 bits per heavy atom. The van der Waals surface area contributed by atoms with Gasteiger partial charge in [-0.1, -0.05) is 31.2 Å². The van der Waals surface area contributed by atoms with E-state index in [4.69, 9.17) is 23.7 Å². The molecule has 0 spiro atoms. The molecule has 2 rings (SSSR count). The normalized spacial score (nSPS) is 12.1. The minimum absolute atomic E-state index is 0.225. The zero-order valence-electron chi connectivity index (χ0n) is 28.9. The van der Waals surface area contributed by atoms with Gasteiger partial charge in [0.05, 0.1) is 23.0 Å². The summed E-state index contributed by atoms with van der Waals surface area (Å²) < 4.78 is 28.5. The molecule has 0 unspecified atom stereocenters. The van der Waals surface area contributed by atoms with E-state index in [1.807, 2.05) is 51.1 Å². The van der Waals surface area contributed by atoms with Crippen molar-refractivity contribution in [2.75, 3.05) is 20.2 Å². The molecule has 0 amide bonds. The van der Waals surface area contributed by atoms with Crippen LogP contribution < -0.4 is 14.2 Å². The van der Waals surface area contributed by atoms with Crippen molar-refractivity contribution >= 4 is 23.8 Å². The Bertz CT molecular complexity index is 1400. The van der Waals surface area contributed by atoms with Crippen LogP contribution in [0, 0.1) is 10.8 Å². The second-order valence-corrected chi connectivity index (χ2v) is 12.8. The van der Waals surface area contributed by atoms with Crippen LogP contribution in [-0.4, -0.2) is 37.9 Å². The molecule has 0 fully saturated rings. The number of esters is 2. The van der Waals surface area contributed by atoms with E-state index in [9.17, 15) is 14.4 Å². The number of hydrogen-bond donors (Lipinski definition) is 0. The Labute approximate surface area is 274 Å². The first-order chi connectivity index (χ1) is 21.7. The van der Waals surface area contributed by atoms with Crippen LogP contribution in [0.2, 0.25) is 0 Å². The van der Waals surface area contributed by atoms with Gasteiger partial charge in [-0.05, 0) is 128 Å². The predicted octanol–water partition coefficient (Wildman–Crippen LogP) is 8.46. The molecule has 0 aromatic heterocycles. The molecule has 0 atom stereocenters. The molecule has 0 saturated heterocycles. The van der Waals surface area contributed by atoms with Gasteiger partial charge >= 0.3 is 11.9 Å². The Hall–Kier alpha value is -4.33. The van der Waals surface area contributed by atoms with Gasteiger partial charge < -0.3 is 23.7 Å². The molecule has 0 heterocycles. The Morgan fingerprint density at radius 1 is 0.717 bits per heavy atom. The number of rotatable bonds is 16. The van der Waals surface area contributed by atoms with Crippen molar-refractivity contribution in [3.05, 3.63) is 83.0 Å². The van der Waals surface area contributed by atoms with Crippen LogP contribution in [0.15, 0.2) is 60.7 Å². The van der Waals surface area contributed by atoms with E-state index in [1.54, 1.807) is 71.9 Å². The highest BCUT2D eigenvalue weighted by Crippen LogP contribution is 2.39. The van der Waals surface area contributed by atoms with E-state index < -0.39 is 10.8 Å². The van der Waals surface area contributed by atoms with Crippen molar-refractivity contribution in [2.45, 2.75) is 81.6 Å². The summed E-state index contributed by atoms with van der Waals surface area (Å²) in [4.78, 5) is 37.8. The number of ether oxygens (including phenoxy) is 5. The van der Waals surface area contributed by atoms with Crippen LogP contribution in [0.4, 0.5) is 0 Å². The summed E-state index contributed by atoms with van der Waals surface area (Å²) in [5, 5.41) is 0. The van der Waals surface area contributed by atoms with Gasteiger partial charge in [-0.25, -0.2) is 0 Å². The van der Waals surface area contributed by atoms with Gasteiger partial charge in [0.1, 0.15) is 17.2 Å². The fourth-order valence-electron chi connectivity index (χ4n) is 3.98. The average molecular weight is 635 g/mol. The molecule has 0 aliphatic rings. The molecule has 0 aliphatic carbocycles. The number of ketones is 1. The molecule has 0 bridgehead atoms. The van der Waals surface area contributed by atoms with Crippen LogP contribution in [0.1, 0.15) is 95.8 Å².